The van der Waals surface area contributed by atoms with Crippen LogP contribution in [0.4, 0.5) is 5.69 Å². The fourth-order valence-electron chi connectivity index (χ4n) is 2.41. The van der Waals surface area contributed by atoms with Gasteiger partial charge in [-0.25, -0.2) is 0 Å². The zero-order chi connectivity index (χ0) is 14.5. The van der Waals surface area contributed by atoms with Gasteiger partial charge in [-0.15, -0.1) is 0 Å². The Morgan fingerprint density at radius 3 is 2.50 bits per heavy atom. The average Bonchev–Trinajstić information content (AvgIpc) is 2.43. The number of piperazine rings is 1. The lowest BCUT2D eigenvalue weighted by Crippen LogP contribution is -2.46. The number of β-amino-alcohol motifs (C(OH)–C–C–N with tert-alkyl or cyclic N) is 1. The fraction of sp³-hybridized carbons (Fsp3) is 0.538. The second-order valence-corrected chi connectivity index (χ2v) is 5.24. The monoisotopic (exact) mass is 299 g/mol. The van der Waals surface area contributed by atoms with Crippen molar-refractivity contribution in [2.24, 2.45) is 0 Å². The molecule has 0 aliphatic carbocycles. The van der Waals surface area contributed by atoms with E-state index in [-0.39, 0.29) is 17.2 Å². The number of hydrogen-bond donors (Lipinski definition) is 1. The van der Waals surface area contributed by atoms with Crippen LogP contribution >= 0.6 is 11.6 Å². The molecule has 1 aliphatic heterocycles. The van der Waals surface area contributed by atoms with Crippen LogP contribution in [0.1, 0.15) is 5.56 Å². The maximum absolute atomic E-state index is 11.0. The molecule has 1 aromatic rings. The van der Waals surface area contributed by atoms with Gasteiger partial charge in [-0.2, -0.15) is 0 Å². The number of nitrogens with zero attached hydrogens (tertiary/aromatic N) is 3. The molecule has 6 nitrogen and oxygen atoms in total. The first kappa shape index (κ1) is 15.2. The third-order valence-electron chi connectivity index (χ3n) is 3.55. The summed E-state index contributed by atoms with van der Waals surface area (Å²) in [7, 11) is 0. The van der Waals surface area contributed by atoms with Crippen LogP contribution < -0.4 is 0 Å². The van der Waals surface area contributed by atoms with Gasteiger partial charge in [0.25, 0.3) is 5.69 Å². The minimum Gasteiger partial charge on any atom is -0.395 e. The molecule has 0 bridgehead atoms. The molecule has 1 fully saturated rings. The molecule has 0 atom stereocenters. The summed E-state index contributed by atoms with van der Waals surface area (Å²) in [5.74, 6) is 0. The van der Waals surface area contributed by atoms with Crippen molar-refractivity contribution in [1.82, 2.24) is 9.80 Å². The molecule has 0 amide bonds. The van der Waals surface area contributed by atoms with E-state index >= 15 is 0 Å². The second kappa shape index (κ2) is 6.99. The molecule has 0 aromatic heterocycles. The van der Waals surface area contributed by atoms with Crippen LogP contribution in [-0.2, 0) is 6.54 Å². The van der Waals surface area contributed by atoms with Gasteiger partial charge in [-0.05, 0) is 6.07 Å². The minimum absolute atomic E-state index is 0.0790. The average molecular weight is 300 g/mol. The lowest BCUT2D eigenvalue weighted by atomic mass is 10.1. The predicted molar refractivity (Wildman–Crippen MR) is 76.9 cm³/mol. The van der Waals surface area contributed by atoms with Crippen molar-refractivity contribution in [2.75, 3.05) is 39.3 Å². The summed E-state index contributed by atoms with van der Waals surface area (Å²) < 4.78 is 0. The highest BCUT2D eigenvalue weighted by molar-refractivity contribution is 6.31. The Morgan fingerprint density at radius 1 is 1.25 bits per heavy atom. The van der Waals surface area contributed by atoms with Gasteiger partial charge in [-0.3, -0.25) is 19.9 Å². The topological polar surface area (TPSA) is 69.9 Å². The van der Waals surface area contributed by atoms with Gasteiger partial charge in [0.05, 0.1) is 22.1 Å². The first-order valence-electron chi connectivity index (χ1n) is 6.59. The van der Waals surface area contributed by atoms with Crippen molar-refractivity contribution < 1.29 is 10.0 Å². The van der Waals surface area contributed by atoms with E-state index < -0.39 is 0 Å². The number of nitro benzene ring substituents is 1. The van der Waals surface area contributed by atoms with E-state index in [0.717, 1.165) is 26.2 Å². The molecular weight excluding hydrogens is 282 g/mol. The van der Waals surface area contributed by atoms with Crippen LogP contribution in [0.25, 0.3) is 0 Å². The summed E-state index contributed by atoms with van der Waals surface area (Å²) in [6.45, 7) is 4.70. The molecule has 0 saturated carbocycles. The van der Waals surface area contributed by atoms with Gasteiger partial charge >= 0.3 is 0 Å². The summed E-state index contributed by atoms with van der Waals surface area (Å²) >= 11 is 6.10. The third kappa shape index (κ3) is 3.67. The van der Waals surface area contributed by atoms with Crippen molar-refractivity contribution in [3.05, 3.63) is 38.9 Å². The van der Waals surface area contributed by atoms with E-state index in [1.807, 2.05) is 0 Å². The highest BCUT2D eigenvalue weighted by Crippen LogP contribution is 2.27. The van der Waals surface area contributed by atoms with Gasteiger partial charge in [0.15, 0.2) is 0 Å². The van der Waals surface area contributed by atoms with Crippen LogP contribution in [-0.4, -0.2) is 59.2 Å². The quantitative estimate of drug-likeness (QED) is 0.657. The van der Waals surface area contributed by atoms with E-state index in [1.54, 1.807) is 12.1 Å². The molecule has 1 heterocycles. The van der Waals surface area contributed by atoms with E-state index in [9.17, 15) is 10.1 Å². The Labute approximate surface area is 122 Å². The Morgan fingerprint density at radius 2 is 1.90 bits per heavy atom. The molecule has 1 aliphatic rings. The maximum atomic E-state index is 11.0. The summed E-state index contributed by atoms with van der Waals surface area (Å²) in [6, 6.07) is 4.78. The fourth-order valence-corrected chi connectivity index (χ4v) is 2.64. The zero-order valence-electron chi connectivity index (χ0n) is 11.2. The first-order chi connectivity index (χ1) is 9.61. The van der Waals surface area contributed by atoms with Gasteiger partial charge < -0.3 is 5.11 Å². The van der Waals surface area contributed by atoms with Crippen molar-refractivity contribution in [3.63, 3.8) is 0 Å². The standard InChI is InChI=1S/C13H18ClN3O3/c14-12-2-1-3-13(17(19)20)11(12)10-16-6-4-15(5-7-16)8-9-18/h1-3,18H,4-10H2. The summed E-state index contributed by atoms with van der Waals surface area (Å²) in [4.78, 5) is 15.0. The zero-order valence-corrected chi connectivity index (χ0v) is 11.9. The molecule has 1 N–H and O–H groups in total. The molecule has 0 radical (unpaired) electrons. The number of aliphatic hydroxyl groups is 1. The third-order valence-corrected chi connectivity index (χ3v) is 3.91. The number of halogens is 1. The Hall–Kier alpha value is -1.21. The van der Waals surface area contributed by atoms with Crippen molar-refractivity contribution in [3.8, 4) is 0 Å². The van der Waals surface area contributed by atoms with E-state index in [1.165, 1.54) is 6.07 Å². The van der Waals surface area contributed by atoms with Gasteiger partial charge in [0, 0.05) is 45.3 Å². The van der Waals surface area contributed by atoms with Crippen LogP contribution in [0.2, 0.25) is 5.02 Å². The highest BCUT2D eigenvalue weighted by atomic mass is 35.5. The van der Waals surface area contributed by atoms with E-state index in [4.69, 9.17) is 16.7 Å². The summed E-state index contributed by atoms with van der Waals surface area (Å²) in [6.07, 6.45) is 0. The van der Waals surface area contributed by atoms with Crippen molar-refractivity contribution in [1.29, 1.82) is 0 Å². The lowest BCUT2D eigenvalue weighted by molar-refractivity contribution is -0.385. The molecule has 2 rings (SSSR count). The predicted octanol–water partition coefficient (Wildman–Crippen LogP) is 1.36. The molecule has 20 heavy (non-hydrogen) atoms. The molecule has 1 aromatic carbocycles. The molecule has 7 heteroatoms. The maximum Gasteiger partial charge on any atom is 0.275 e. The number of rotatable bonds is 5. The number of aliphatic hydroxyl groups excluding tert-OH is 1. The van der Waals surface area contributed by atoms with Crippen LogP contribution in [0.3, 0.4) is 0 Å². The lowest BCUT2D eigenvalue weighted by Gasteiger charge is -2.34. The van der Waals surface area contributed by atoms with E-state index in [0.29, 0.717) is 23.7 Å². The molecule has 0 spiro atoms. The highest BCUT2D eigenvalue weighted by Gasteiger charge is 2.22. The number of benzene rings is 1. The smallest absolute Gasteiger partial charge is 0.275 e. The van der Waals surface area contributed by atoms with Crippen LogP contribution in [0.15, 0.2) is 18.2 Å². The minimum atomic E-state index is -0.386. The molecule has 0 unspecified atom stereocenters. The number of nitro groups is 1. The summed E-state index contributed by atoms with van der Waals surface area (Å²) in [5.41, 5.74) is 0.657. The second-order valence-electron chi connectivity index (χ2n) is 4.84. The Balaban J connectivity index is 2.03. The van der Waals surface area contributed by atoms with Gasteiger partial charge in [-0.1, -0.05) is 17.7 Å². The Kier molecular flexibility index (Phi) is 5.31. The normalized spacial score (nSPS) is 17.3. The molecule has 1 saturated heterocycles. The SMILES string of the molecule is O=[N+]([O-])c1cccc(Cl)c1CN1CCN(CCO)CC1. The van der Waals surface area contributed by atoms with Crippen molar-refractivity contribution in [2.45, 2.75) is 6.54 Å². The molecule has 110 valence electrons. The summed E-state index contributed by atoms with van der Waals surface area (Å²) in [5, 5.41) is 20.4. The number of hydrogen-bond acceptors (Lipinski definition) is 5. The largest absolute Gasteiger partial charge is 0.395 e. The van der Waals surface area contributed by atoms with Crippen LogP contribution in [0.5, 0.6) is 0 Å². The molecular formula is C13H18ClN3O3. The first-order valence-corrected chi connectivity index (χ1v) is 6.97. The van der Waals surface area contributed by atoms with E-state index in [2.05, 4.69) is 9.80 Å². The Bertz CT molecular complexity index is 476. The van der Waals surface area contributed by atoms with Gasteiger partial charge in [0.2, 0.25) is 0 Å². The van der Waals surface area contributed by atoms with Crippen LogP contribution in [0, 0.1) is 10.1 Å². The van der Waals surface area contributed by atoms with Gasteiger partial charge in [0.1, 0.15) is 0 Å². The van der Waals surface area contributed by atoms with Crippen molar-refractivity contribution >= 4 is 17.3 Å².